The third-order valence-electron chi connectivity index (χ3n) is 8.23. The first-order chi connectivity index (χ1) is 15.2. The van der Waals surface area contributed by atoms with Crippen molar-refractivity contribution >= 4 is 0 Å². The Morgan fingerprint density at radius 3 is 1.77 bits per heavy atom. The molecule has 0 unspecified atom stereocenters. The van der Waals surface area contributed by atoms with Gasteiger partial charge in [0.2, 0.25) is 0 Å². The van der Waals surface area contributed by atoms with Gasteiger partial charge in [-0.1, -0.05) is 82.0 Å². The molecule has 0 spiro atoms. The standard InChI is InChI=1S/C30H41F/c1-3-8-22-12-16-25(17-13-22)27-20-21-28(24-10-6-5-7-11-24)30(31)29(27)26-18-14-23(9-4-2)15-19-26/h5-7,10-11,20-23,25-26H,3-4,8-9,12-19H2,1-2H3/t22-,23-,25-,26-. The maximum absolute atomic E-state index is 16.2. The Hall–Kier alpha value is -1.63. The van der Waals surface area contributed by atoms with Crippen LogP contribution >= 0.6 is 0 Å². The van der Waals surface area contributed by atoms with Gasteiger partial charge in [0.1, 0.15) is 5.82 Å². The van der Waals surface area contributed by atoms with Gasteiger partial charge in [-0.3, -0.25) is 0 Å². The second-order valence-corrected chi connectivity index (χ2v) is 10.3. The minimum absolute atomic E-state index is 0.0818. The predicted octanol–water partition coefficient (Wildman–Crippen LogP) is 9.64. The van der Waals surface area contributed by atoms with Gasteiger partial charge < -0.3 is 0 Å². The summed E-state index contributed by atoms with van der Waals surface area (Å²) >= 11 is 0. The van der Waals surface area contributed by atoms with Crippen molar-refractivity contribution in [2.75, 3.05) is 0 Å². The van der Waals surface area contributed by atoms with Crippen molar-refractivity contribution in [3.05, 3.63) is 59.4 Å². The van der Waals surface area contributed by atoms with E-state index < -0.39 is 0 Å². The lowest BCUT2D eigenvalue weighted by molar-refractivity contribution is 0.293. The largest absolute Gasteiger partial charge is 0.206 e. The molecule has 0 aromatic heterocycles. The van der Waals surface area contributed by atoms with E-state index in [0.29, 0.717) is 11.8 Å². The van der Waals surface area contributed by atoms with Crippen LogP contribution in [-0.4, -0.2) is 0 Å². The fourth-order valence-electron chi connectivity index (χ4n) is 6.54. The number of rotatable bonds is 7. The topological polar surface area (TPSA) is 0 Å². The monoisotopic (exact) mass is 420 g/mol. The molecular weight excluding hydrogens is 379 g/mol. The Kier molecular flexibility index (Phi) is 7.86. The molecule has 2 aromatic rings. The average Bonchev–Trinajstić information content (AvgIpc) is 2.81. The number of hydrogen-bond acceptors (Lipinski definition) is 0. The van der Waals surface area contributed by atoms with Gasteiger partial charge >= 0.3 is 0 Å². The molecule has 168 valence electrons. The molecule has 2 aliphatic rings. The Morgan fingerprint density at radius 1 is 0.677 bits per heavy atom. The molecule has 0 amide bonds. The summed E-state index contributed by atoms with van der Waals surface area (Å²) in [6.07, 6.45) is 15.3. The Bertz CT molecular complexity index is 808. The van der Waals surface area contributed by atoms with E-state index >= 15 is 4.39 Å². The minimum atomic E-state index is 0.0818. The lowest BCUT2D eigenvalue weighted by Crippen LogP contribution is -2.19. The van der Waals surface area contributed by atoms with Gasteiger partial charge in [0, 0.05) is 5.56 Å². The summed E-state index contributed by atoms with van der Waals surface area (Å²) in [5, 5.41) is 0. The van der Waals surface area contributed by atoms with E-state index in [0.717, 1.165) is 41.4 Å². The van der Waals surface area contributed by atoms with E-state index in [1.54, 1.807) is 0 Å². The molecule has 0 bridgehead atoms. The molecule has 2 saturated carbocycles. The van der Waals surface area contributed by atoms with Crippen molar-refractivity contribution in [1.82, 2.24) is 0 Å². The van der Waals surface area contributed by atoms with Crippen molar-refractivity contribution in [3.63, 3.8) is 0 Å². The average molecular weight is 421 g/mol. The fraction of sp³-hybridized carbons (Fsp3) is 0.600. The Labute approximate surface area is 189 Å². The van der Waals surface area contributed by atoms with Gasteiger partial charge in [0.15, 0.2) is 0 Å². The van der Waals surface area contributed by atoms with Crippen LogP contribution in [0.5, 0.6) is 0 Å². The lowest BCUT2D eigenvalue weighted by atomic mass is 9.71. The summed E-state index contributed by atoms with van der Waals surface area (Å²) in [7, 11) is 0. The SMILES string of the molecule is CCC[C@H]1CC[C@H](c2ccc(-c3ccccc3)c(F)c2[C@H]2CC[C@H](CCC)CC2)CC1. The number of hydrogen-bond donors (Lipinski definition) is 0. The summed E-state index contributed by atoms with van der Waals surface area (Å²) in [5.74, 6) is 2.78. The zero-order valence-electron chi connectivity index (χ0n) is 19.7. The molecular formula is C30H41F. The van der Waals surface area contributed by atoms with Crippen molar-refractivity contribution < 1.29 is 4.39 Å². The van der Waals surface area contributed by atoms with Crippen LogP contribution in [0.4, 0.5) is 4.39 Å². The molecule has 0 atom stereocenters. The highest BCUT2D eigenvalue weighted by Gasteiger charge is 2.31. The fourth-order valence-corrected chi connectivity index (χ4v) is 6.54. The maximum atomic E-state index is 16.2. The van der Waals surface area contributed by atoms with E-state index in [9.17, 15) is 0 Å². The summed E-state index contributed by atoms with van der Waals surface area (Å²) in [6, 6.07) is 14.5. The molecule has 2 fully saturated rings. The van der Waals surface area contributed by atoms with Crippen LogP contribution in [0.15, 0.2) is 42.5 Å². The van der Waals surface area contributed by atoms with Crippen LogP contribution in [-0.2, 0) is 0 Å². The van der Waals surface area contributed by atoms with Gasteiger partial charge in [-0.25, -0.2) is 4.39 Å². The minimum Gasteiger partial charge on any atom is -0.206 e. The van der Waals surface area contributed by atoms with Crippen LogP contribution in [0.1, 0.15) is 114 Å². The van der Waals surface area contributed by atoms with E-state index in [4.69, 9.17) is 0 Å². The number of halogens is 1. The van der Waals surface area contributed by atoms with Crippen molar-refractivity contribution in [3.8, 4) is 11.1 Å². The second-order valence-electron chi connectivity index (χ2n) is 10.3. The zero-order valence-corrected chi connectivity index (χ0v) is 19.7. The third kappa shape index (κ3) is 5.24. The molecule has 0 N–H and O–H groups in total. The maximum Gasteiger partial charge on any atom is 0.134 e. The molecule has 1 heteroatoms. The van der Waals surface area contributed by atoms with Gasteiger partial charge in [0.25, 0.3) is 0 Å². The molecule has 0 aliphatic heterocycles. The molecule has 2 aliphatic carbocycles. The van der Waals surface area contributed by atoms with Crippen molar-refractivity contribution in [2.45, 2.75) is 103 Å². The Morgan fingerprint density at radius 2 is 1.23 bits per heavy atom. The third-order valence-corrected chi connectivity index (χ3v) is 8.23. The van der Waals surface area contributed by atoms with Gasteiger partial charge in [0.05, 0.1) is 0 Å². The van der Waals surface area contributed by atoms with Crippen molar-refractivity contribution in [1.29, 1.82) is 0 Å². The lowest BCUT2D eigenvalue weighted by Gasteiger charge is -2.34. The normalized spacial score (nSPS) is 26.7. The molecule has 4 rings (SSSR count). The van der Waals surface area contributed by atoms with Crippen LogP contribution in [0, 0.1) is 17.7 Å². The molecule has 2 aromatic carbocycles. The van der Waals surface area contributed by atoms with Crippen LogP contribution in [0.25, 0.3) is 11.1 Å². The molecule has 0 saturated heterocycles. The van der Waals surface area contributed by atoms with E-state index in [2.05, 4.69) is 38.1 Å². The first-order valence-corrected chi connectivity index (χ1v) is 13.1. The first kappa shape index (κ1) is 22.6. The Balaban J connectivity index is 1.64. The smallest absolute Gasteiger partial charge is 0.134 e. The summed E-state index contributed by atoms with van der Waals surface area (Å²) in [6.45, 7) is 4.60. The highest BCUT2D eigenvalue weighted by Crippen LogP contribution is 2.46. The molecule has 0 radical (unpaired) electrons. The van der Waals surface area contributed by atoms with Crippen LogP contribution < -0.4 is 0 Å². The van der Waals surface area contributed by atoms with Gasteiger partial charge in [-0.2, -0.15) is 0 Å². The summed E-state index contributed by atoms with van der Waals surface area (Å²) in [4.78, 5) is 0. The second kappa shape index (κ2) is 10.8. The highest BCUT2D eigenvalue weighted by atomic mass is 19.1. The van der Waals surface area contributed by atoms with Gasteiger partial charge in [-0.05, 0) is 91.7 Å². The first-order valence-electron chi connectivity index (χ1n) is 13.1. The molecule has 0 heterocycles. The zero-order chi connectivity index (χ0) is 21.6. The summed E-state index contributed by atoms with van der Waals surface area (Å²) < 4.78 is 16.2. The molecule has 31 heavy (non-hydrogen) atoms. The molecule has 0 nitrogen and oxygen atoms in total. The number of benzene rings is 2. The summed E-state index contributed by atoms with van der Waals surface area (Å²) in [5.41, 5.74) is 4.26. The van der Waals surface area contributed by atoms with Gasteiger partial charge in [-0.15, -0.1) is 0 Å². The predicted molar refractivity (Wildman–Crippen MR) is 131 cm³/mol. The van der Waals surface area contributed by atoms with Crippen LogP contribution in [0.3, 0.4) is 0 Å². The quantitative estimate of drug-likeness (QED) is 0.418. The van der Waals surface area contributed by atoms with E-state index in [1.165, 1.54) is 69.8 Å². The van der Waals surface area contributed by atoms with E-state index in [1.807, 2.05) is 18.2 Å². The van der Waals surface area contributed by atoms with E-state index in [-0.39, 0.29) is 5.82 Å². The van der Waals surface area contributed by atoms with Crippen LogP contribution in [0.2, 0.25) is 0 Å². The highest BCUT2D eigenvalue weighted by molar-refractivity contribution is 5.66. The van der Waals surface area contributed by atoms with Crippen molar-refractivity contribution in [2.24, 2.45) is 11.8 Å².